The number of hydrogen-bond acceptors (Lipinski definition) is 2. The Balaban J connectivity index is 1.97. The average molecular weight is 415 g/mol. The minimum absolute atomic E-state index is 0.107. The maximum absolute atomic E-state index is 6.30. The number of halogens is 2. The number of rotatable bonds is 4. The first-order chi connectivity index (χ1) is 10.0. The molecule has 0 saturated heterocycles. The summed E-state index contributed by atoms with van der Waals surface area (Å²) in [7, 11) is 1.93. The summed E-state index contributed by atoms with van der Waals surface area (Å²) in [6.45, 7) is 2.82. The monoisotopic (exact) mass is 414 g/mol. The molecule has 2 heterocycles. The van der Waals surface area contributed by atoms with Gasteiger partial charge in [0.05, 0.1) is 22.6 Å². The van der Waals surface area contributed by atoms with Gasteiger partial charge in [0.25, 0.3) is 0 Å². The molecule has 1 atom stereocenters. The van der Waals surface area contributed by atoms with Crippen molar-refractivity contribution in [1.82, 2.24) is 19.3 Å². The van der Waals surface area contributed by atoms with Gasteiger partial charge in [-0.05, 0) is 59.7 Å². The number of nitrogens with zero attached hydrogens (tertiary/aromatic N) is 4. The van der Waals surface area contributed by atoms with E-state index in [1.54, 1.807) is 0 Å². The van der Waals surface area contributed by atoms with E-state index >= 15 is 0 Å². The molecule has 0 fully saturated rings. The average Bonchev–Trinajstić information content (AvgIpc) is 2.99. The molecular formula is C15H16ClIN4. The molecule has 1 aromatic carbocycles. The molecule has 0 saturated carbocycles. The van der Waals surface area contributed by atoms with E-state index in [-0.39, 0.29) is 5.38 Å². The van der Waals surface area contributed by atoms with Crippen molar-refractivity contribution in [3.05, 3.63) is 45.6 Å². The van der Waals surface area contributed by atoms with Gasteiger partial charge in [0.15, 0.2) is 0 Å². The Morgan fingerprint density at radius 3 is 2.86 bits per heavy atom. The predicted molar refractivity (Wildman–Crippen MR) is 93.6 cm³/mol. The molecular weight excluding hydrogens is 399 g/mol. The van der Waals surface area contributed by atoms with Crippen molar-refractivity contribution >= 4 is 45.2 Å². The van der Waals surface area contributed by atoms with Crippen LogP contribution in [0.25, 0.3) is 11.0 Å². The van der Waals surface area contributed by atoms with Crippen molar-refractivity contribution < 1.29 is 0 Å². The van der Waals surface area contributed by atoms with Crippen LogP contribution in [0.2, 0.25) is 0 Å². The van der Waals surface area contributed by atoms with Gasteiger partial charge in [-0.15, -0.1) is 11.6 Å². The van der Waals surface area contributed by atoms with Crippen LogP contribution in [-0.2, 0) is 20.0 Å². The second-order valence-electron chi connectivity index (χ2n) is 5.14. The number of aryl methyl sites for hydroxylation is 3. The van der Waals surface area contributed by atoms with Crippen LogP contribution in [0.4, 0.5) is 0 Å². The van der Waals surface area contributed by atoms with Crippen LogP contribution in [0.1, 0.15) is 23.7 Å². The largest absolute Gasteiger partial charge is 0.326 e. The second kappa shape index (κ2) is 5.96. The van der Waals surface area contributed by atoms with Crippen molar-refractivity contribution in [3.63, 3.8) is 0 Å². The molecule has 0 bridgehead atoms. The molecule has 0 aliphatic heterocycles. The first-order valence-electron chi connectivity index (χ1n) is 6.82. The Bertz CT molecular complexity index is 775. The first-order valence-corrected chi connectivity index (χ1v) is 8.33. The number of benzene rings is 1. The molecule has 4 nitrogen and oxygen atoms in total. The molecule has 3 rings (SSSR count). The lowest BCUT2D eigenvalue weighted by atomic mass is 10.2. The Labute approximate surface area is 142 Å². The van der Waals surface area contributed by atoms with Gasteiger partial charge in [-0.3, -0.25) is 4.68 Å². The van der Waals surface area contributed by atoms with Gasteiger partial charge in [0.1, 0.15) is 5.82 Å². The molecule has 110 valence electrons. The Morgan fingerprint density at radius 2 is 2.19 bits per heavy atom. The third kappa shape index (κ3) is 3.08. The lowest BCUT2D eigenvalue weighted by molar-refractivity contribution is 0.667. The SMILES string of the molecule is CC(Cl)c1nc2cc(I)ccc2n1CCc1cnn(C)c1. The maximum Gasteiger partial charge on any atom is 0.127 e. The summed E-state index contributed by atoms with van der Waals surface area (Å²) in [6, 6.07) is 6.32. The summed E-state index contributed by atoms with van der Waals surface area (Å²) in [5.41, 5.74) is 3.37. The maximum atomic E-state index is 6.30. The summed E-state index contributed by atoms with van der Waals surface area (Å²) >= 11 is 8.61. The van der Waals surface area contributed by atoms with Crippen LogP contribution < -0.4 is 0 Å². The highest BCUT2D eigenvalue weighted by Gasteiger charge is 2.15. The van der Waals surface area contributed by atoms with E-state index in [2.05, 4.69) is 50.5 Å². The van der Waals surface area contributed by atoms with Crippen LogP contribution >= 0.6 is 34.2 Å². The molecule has 6 heteroatoms. The van der Waals surface area contributed by atoms with Crippen LogP contribution in [-0.4, -0.2) is 19.3 Å². The number of alkyl halides is 1. The highest BCUT2D eigenvalue weighted by atomic mass is 127. The Morgan fingerprint density at radius 1 is 1.38 bits per heavy atom. The highest BCUT2D eigenvalue weighted by molar-refractivity contribution is 14.1. The fourth-order valence-corrected chi connectivity index (χ4v) is 3.14. The number of hydrogen-bond donors (Lipinski definition) is 0. The van der Waals surface area contributed by atoms with E-state index in [1.165, 1.54) is 9.13 Å². The molecule has 0 amide bonds. The molecule has 0 aliphatic rings. The van der Waals surface area contributed by atoms with Crippen LogP contribution in [0.5, 0.6) is 0 Å². The van der Waals surface area contributed by atoms with Crippen LogP contribution in [0.15, 0.2) is 30.6 Å². The Kier molecular flexibility index (Phi) is 4.21. The molecule has 0 radical (unpaired) electrons. The fourth-order valence-electron chi connectivity index (χ4n) is 2.50. The fraction of sp³-hybridized carbons (Fsp3) is 0.333. The molecule has 2 aromatic heterocycles. The minimum Gasteiger partial charge on any atom is -0.326 e. The molecule has 0 spiro atoms. The van der Waals surface area contributed by atoms with Crippen molar-refractivity contribution in [2.75, 3.05) is 0 Å². The molecule has 0 aliphatic carbocycles. The van der Waals surface area contributed by atoms with E-state index < -0.39 is 0 Å². The number of fused-ring (bicyclic) bond motifs is 1. The van der Waals surface area contributed by atoms with Gasteiger partial charge >= 0.3 is 0 Å². The zero-order chi connectivity index (χ0) is 15.0. The second-order valence-corrected chi connectivity index (χ2v) is 7.04. The van der Waals surface area contributed by atoms with Gasteiger partial charge in [-0.1, -0.05) is 0 Å². The predicted octanol–water partition coefficient (Wildman–Crippen LogP) is 3.92. The van der Waals surface area contributed by atoms with E-state index in [9.17, 15) is 0 Å². The zero-order valence-electron chi connectivity index (χ0n) is 11.9. The van der Waals surface area contributed by atoms with Crippen LogP contribution in [0, 0.1) is 3.57 Å². The summed E-state index contributed by atoms with van der Waals surface area (Å²) in [4.78, 5) is 4.70. The normalized spacial score (nSPS) is 13.0. The summed E-state index contributed by atoms with van der Waals surface area (Å²) < 4.78 is 5.23. The van der Waals surface area contributed by atoms with Gasteiger partial charge in [-0.25, -0.2) is 4.98 Å². The zero-order valence-corrected chi connectivity index (χ0v) is 14.8. The minimum atomic E-state index is -0.107. The van der Waals surface area contributed by atoms with E-state index in [4.69, 9.17) is 16.6 Å². The third-order valence-corrected chi connectivity index (χ3v) is 4.34. The molecule has 3 aromatic rings. The first kappa shape index (κ1) is 14.8. The van der Waals surface area contributed by atoms with E-state index in [0.29, 0.717) is 0 Å². The lowest BCUT2D eigenvalue weighted by Crippen LogP contribution is -2.06. The van der Waals surface area contributed by atoms with E-state index in [0.717, 1.165) is 29.8 Å². The molecule has 21 heavy (non-hydrogen) atoms. The van der Waals surface area contributed by atoms with Crippen molar-refractivity contribution in [1.29, 1.82) is 0 Å². The van der Waals surface area contributed by atoms with Crippen molar-refractivity contribution in [2.45, 2.75) is 25.3 Å². The van der Waals surface area contributed by atoms with Crippen molar-refractivity contribution in [3.8, 4) is 0 Å². The van der Waals surface area contributed by atoms with Crippen LogP contribution in [0.3, 0.4) is 0 Å². The topological polar surface area (TPSA) is 35.6 Å². The van der Waals surface area contributed by atoms with E-state index in [1.807, 2.05) is 31.0 Å². The highest BCUT2D eigenvalue weighted by Crippen LogP contribution is 2.26. The van der Waals surface area contributed by atoms with Gasteiger partial charge in [0, 0.05) is 23.4 Å². The summed E-state index contributed by atoms with van der Waals surface area (Å²) in [5.74, 6) is 0.928. The third-order valence-electron chi connectivity index (χ3n) is 3.48. The quantitative estimate of drug-likeness (QED) is 0.479. The standard InChI is InChI=1S/C15H16ClIN4/c1-10(16)15-19-13-7-12(17)3-4-14(13)21(15)6-5-11-8-18-20(2)9-11/h3-4,7-10H,5-6H2,1-2H3. The van der Waals surface area contributed by atoms with Gasteiger partial charge in [-0.2, -0.15) is 5.10 Å². The lowest BCUT2D eigenvalue weighted by Gasteiger charge is -2.09. The summed E-state index contributed by atoms with van der Waals surface area (Å²) in [5, 5.41) is 4.11. The smallest absolute Gasteiger partial charge is 0.127 e. The molecule has 0 N–H and O–H groups in total. The number of aromatic nitrogens is 4. The van der Waals surface area contributed by atoms with Gasteiger partial charge in [0.2, 0.25) is 0 Å². The van der Waals surface area contributed by atoms with Crippen molar-refractivity contribution in [2.24, 2.45) is 7.05 Å². The Hall–Kier alpha value is -1.08. The molecule has 1 unspecified atom stereocenters. The summed E-state index contributed by atoms with van der Waals surface area (Å²) in [6.07, 6.45) is 4.87. The number of imidazole rings is 1. The van der Waals surface area contributed by atoms with Gasteiger partial charge < -0.3 is 4.57 Å².